The maximum atomic E-state index is 2.43. The molecular weight excluding hydrogens is 721 g/mol. The van der Waals surface area contributed by atoms with Gasteiger partial charge < -0.3 is 0 Å². The molecule has 0 bridgehead atoms. The average Bonchev–Trinajstić information content (AvgIpc) is 3.34. The summed E-state index contributed by atoms with van der Waals surface area (Å²) in [4.78, 5) is 0. The van der Waals surface area contributed by atoms with Gasteiger partial charge in [-0.15, -0.1) is 0 Å². The Hall–Kier alpha value is -7.80. The Morgan fingerprint density at radius 1 is 0.150 bits per heavy atom. The van der Waals surface area contributed by atoms with Gasteiger partial charge in [-0.25, -0.2) is 0 Å². The lowest BCUT2D eigenvalue weighted by atomic mass is 9.83. The molecule has 0 saturated heterocycles. The Morgan fingerprint density at radius 2 is 0.450 bits per heavy atom. The van der Waals surface area contributed by atoms with E-state index in [1.54, 1.807) is 0 Å². The number of hydrogen-bond acceptors (Lipinski definition) is 0. The molecule has 11 aromatic rings. The molecule has 0 aliphatic heterocycles. The molecule has 0 aliphatic rings. The summed E-state index contributed by atoms with van der Waals surface area (Å²) < 4.78 is 0. The Bertz CT molecular complexity index is 3290. The molecule has 0 aliphatic carbocycles. The number of rotatable bonds is 7. The molecule has 0 spiro atoms. The van der Waals surface area contributed by atoms with Crippen molar-refractivity contribution < 1.29 is 0 Å². The second kappa shape index (κ2) is 15.2. The van der Waals surface area contributed by atoms with Gasteiger partial charge in [0, 0.05) is 0 Å². The summed E-state index contributed by atoms with van der Waals surface area (Å²) in [5.41, 5.74) is 17.0. The highest BCUT2D eigenvalue weighted by Crippen LogP contribution is 2.47. The summed E-state index contributed by atoms with van der Waals surface area (Å²) in [7, 11) is 0. The van der Waals surface area contributed by atoms with Crippen LogP contribution in [-0.4, -0.2) is 0 Å². The molecule has 0 unspecified atom stereocenters. The van der Waals surface area contributed by atoms with Gasteiger partial charge in [0.2, 0.25) is 0 Å². The van der Waals surface area contributed by atoms with Crippen molar-refractivity contribution in [3.05, 3.63) is 243 Å². The minimum Gasteiger partial charge on any atom is -0.0622 e. The van der Waals surface area contributed by atoms with Crippen LogP contribution in [0.4, 0.5) is 0 Å². The summed E-state index contributed by atoms with van der Waals surface area (Å²) in [6.45, 7) is 0. The molecule has 0 radical (unpaired) electrons. The van der Waals surface area contributed by atoms with Gasteiger partial charge in [-0.05, 0) is 128 Å². The largest absolute Gasteiger partial charge is 0.0622 e. The fraction of sp³-hybridized carbons (Fsp3) is 0. The van der Waals surface area contributed by atoms with Gasteiger partial charge in [0.25, 0.3) is 0 Å². The molecule has 0 heteroatoms. The summed E-state index contributed by atoms with van der Waals surface area (Å²) in [6, 6.07) is 88.9. The van der Waals surface area contributed by atoms with Crippen molar-refractivity contribution in [3.8, 4) is 77.9 Å². The molecule has 0 saturated carbocycles. The van der Waals surface area contributed by atoms with Crippen LogP contribution in [0.5, 0.6) is 0 Å². The van der Waals surface area contributed by atoms with E-state index in [1.165, 1.54) is 110 Å². The van der Waals surface area contributed by atoms with Crippen LogP contribution in [0.2, 0.25) is 0 Å². The first-order valence-electron chi connectivity index (χ1n) is 20.7. The number of benzene rings is 11. The van der Waals surface area contributed by atoms with E-state index in [1.807, 2.05) is 0 Å². The Morgan fingerprint density at radius 3 is 0.883 bits per heavy atom. The normalized spacial score (nSPS) is 11.3. The monoisotopic (exact) mass is 760 g/mol. The topological polar surface area (TPSA) is 0 Å². The Balaban J connectivity index is 1.15. The molecule has 0 N–H and O–H groups in total. The number of hydrogen-bond donors (Lipinski definition) is 0. The van der Waals surface area contributed by atoms with Crippen molar-refractivity contribution in [2.45, 2.75) is 0 Å². The van der Waals surface area contributed by atoms with Gasteiger partial charge in [0.15, 0.2) is 0 Å². The molecule has 0 aromatic heterocycles. The van der Waals surface area contributed by atoms with Crippen LogP contribution in [-0.2, 0) is 0 Å². The van der Waals surface area contributed by atoms with E-state index >= 15 is 0 Å². The van der Waals surface area contributed by atoms with E-state index in [0.717, 1.165) is 0 Å². The molecule has 11 rings (SSSR count). The van der Waals surface area contributed by atoms with Crippen LogP contribution in [0.25, 0.3) is 110 Å². The smallest absolute Gasteiger partial charge is 0.00259 e. The Kier molecular flexibility index (Phi) is 8.95. The molecule has 0 atom stereocenters. The fourth-order valence-corrected chi connectivity index (χ4v) is 8.99. The summed E-state index contributed by atoms with van der Waals surface area (Å²) in [5, 5.41) is 7.43. The van der Waals surface area contributed by atoms with Crippen LogP contribution in [0.3, 0.4) is 0 Å². The molecule has 0 nitrogen and oxygen atoms in total. The highest BCUT2D eigenvalue weighted by molar-refractivity contribution is 6.23. The van der Waals surface area contributed by atoms with E-state index in [2.05, 4.69) is 243 Å². The van der Waals surface area contributed by atoms with Crippen molar-refractivity contribution in [2.75, 3.05) is 0 Å². The highest BCUT2D eigenvalue weighted by Gasteiger charge is 2.19. The lowest BCUT2D eigenvalue weighted by molar-refractivity contribution is 1.59. The third-order valence-corrected chi connectivity index (χ3v) is 12.1. The first-order chi connectivity index (χ1) is 29.7. The van der Waals surface area contributed by atoms with Crippen LogP contribution in [0.1, 0.15) is 0 Å². The maximum Gasteiger partial charge on any atom is -0.00259 e. The van der Waals surface area contributed by atoms with Gasteiger partial charge in [-0.2, -0.15) is 0 Å². The van der Waals surface area contributed by atoms with Crippen molar-refractivity contribution >= 4 is 32.3 Å². The van der Waals surface area contributed by atoms with E-state index in [4.69, 9.17) is 0 Å². The van der Waals surface area contributed by atoms with Crippen LogP contribution < -0.4 is 0 Å². The van der Waals surface area contributed by atoms with E-state index in [0.29, 0.717) is 0 Å². The van der Waals surface area contributed by atoms with E-state index in [-0.39, 0.29) is 0 Å². The van der Waals surface area contributed by atoms with E-state index < -0.39 is 0 Å². The quantitative estimate of drug-likeness (QED) is 0.142. The van der Waals surface area contributed by atoms with Gasteiger partial charge in [0.1, 0.15) is 0 Å². The Labute approximate surface area is 351 Å². The van der Waals surface area contributed by atoms with Crippen molar-refractivity contribution in [1.29, 1.82) is 0 Å². The minimum absolute atomic E-state index is 1.20. The van der Waals surface area contributed by atoms with Gasteiger partial charge in [-0.3, -0.25) is 0 Å². The standard InChI is InChI=1S/C60H40/c1-4-12-41(13-5-1)45-20-24-48(25-21-45)52-35-37-56-57(39-52)59(50-31-28-47(29-32-50)43-16-8-3-9-17-43)55-36-34-53(49-26-22-46(23-27-49)42-14-6-2-7-15-42)40-58(55)60(56)54-33-30-44-18-10-11-19-51(44)38-54/h1-40H. The lowest BCUT2D eigenvalue weighted by Gasteiger charge is -2.20. The van der Waals surface area contributed by atoms with Crippen molar-refractivity contribution in [2.24, 2.45) is 0 Å². The summed E-state index contributed by atoms with van der Waals surface area (Å²) in [6.07, 6.45) is 0. The van der Waals surface area contributed by atoms with Crippen LogP contribution >= 0.6 is 0 Å². The van der Waals surface area contributed by atoms with Gasteiger partial charge in [-0.1, -0.05) is 224 Å². The zero-order chi connectivity index (χ0) is 39.8. The molecular formula is C60H40. The second-order valence-electron chi connectivity index (χ2n) is 15.7. The molecule has 11 aromatic carbocycles. The van der Waals surface area contributed by atoms with Crippen molar-refractivity contribution in [1.82, 2.24) is 0 Å². The van der Waals surface area contributed by atoms with Gasteiger partial charge >= 0.3 is 0 Å². The molecule has 0 fully saturated rings. The lowest BCUT2D eigenvalue weighted by Crippen LogP contribution is -1.93. The first-order valence-corrected chi connectivity index (χ1v) is 20.7. The molecule has 0 heterocycles. The molecule has 280 valence electrons. The minimum atomic E-state index is 1.20. The van der Waals surface area contributed by atoms with E-state index in [9.17, 15) is 0 Å². The van der Waals surface area contributed by atoms with Crippen LogP contribution in [0, 0.1) is 0 Å². The third-order valence-electron chi connectivity index (χ3n) is 12.1. The zero-order valence-electron chi connectivity index (χ0n) is 33.1. The highest BCUT2D eigenvalue weighted by atomic mass is 14.2. The molecule has 0 amide bonds. The van der Waals surface area contributed by atoms with Crippen molar-refractivity contribution in [3.63, 3.8) is 0 Å². The van der Waals surface area contributed by atoms with Gasteiger partial charge in [0.05, 0.1) is 0 Å². The SMILES string of the molecule is c1ccc(-c2ccc(-c3ccc4c(-c5ccc6ccccc6c5)c5cc(-c6ccc(-c7ccccc7)cc6)ccc5c(-c5ccc(-c6ccccc6)cc5)c4c3)cc2)cc1. The maximum absolute atomic E-state index is 2.43. The fourth-order valence-electron chi connectivity index (χ4n) is 8.99. The predicted octanol–water partition coefficient (Wildman–Crippen LogP) is 16.8. The zero-order valence-corrected chi connectivity index (χ0v) is 33.1. The summed E-state index contributed by atoms with van der Waals surface area (Å²) >= 11 is 0. The second-order valence-corrected chi connectivity index (χ2v) is 15.7. The predicted molar refractivity (Wildman–Crippen MR) is 257 cm³/mol. The third kappa shape index (κ3) is 6.55. The average molecular weight is 761 g/mol. The summed E-state index contributed by atoms with van der Waals surface area (Å²) in [5.74, 6) is 0. The first kappa shape index (κ1) is 35.4. The van der Waals surface area contributed by atoms with Crippen LogP contribution in [0.15, 0.2) is 243 Å². The molecule has 60 heavy (non-hydrogen) atoms. The number of fused-ring (bicyclic) bond motifs is 3.